The average Bonchev–Trinajstić information content (AvgIpc) is 3.55. The average molecular weight is 534 g/mol. The first kappa shape index (κ1) is 27.8. The lowest BCUT2D eigenvalue weighted by molar-refractivity contribution is -0.140. The fourth-order valence-electron chi connectivity index (χ4n) is 4.45. The summed E-state index contributed by atoms with van der Waals surface area (Å²) in [5, 5.41) is 11.4. The maximum absolute atomic E-state index is 13.4. The molecule has 1 N–H and O–H groups in total. The summed E-state index contributed by atoms with van der Waals surface area (Å²) in [5.41, 5.74) is 1.01. The van der Waals surface area contributed by atoms with E-state index in [1.54, 1.807) is 54.6 Å². The number of hydrogen-bond donors (Lipinski definition) is 1. The number of likely N-dealkylation sites (tertiary alicyclic amines) is 1. The number of ether oxygens (including phenoxy) is 3. The number of hydrogen-bond acceptors (Lipinski definition) is 7. The second-order valence-corrected chi connectivity index (χ2v) is 9.22. The second-order valence-electron chi connectivity index (χ2n) is 9.22. The Hall–Kier alpha value is -4.20. The minimum absolute atomic E-state index is 0.00381. The van der Waals surface area contributed by atoms with Crippen molar-refractivity contribution in [2.45, 2.75) is 52.6 Å². The number of Topliss-reactive ketones (excluding diaryl/α,β-unsaturated/α-hetero) is 1. The van der Waals surface area contributed by atoms with Gasteiger partial charge < -0.3 is 28.6 Å². The van der Waals surface area contributed by atoms with Gasteiger partial charge in [0.15, 0.2) is 11.5 Å². The zero-order valence-electron chi connectivity index (χ0n) is 22.6. The fourth-order valence-corrected chi connectivity index (χ4v) is 4.45. The molecule has 8 nitrogen and oxygen atoms in total. The Balaban J connectivity index is 1.78. The van der Waals surface area contributed by atoms with Crippen LogP contribution in [0.2, 0.25) is 0 Å². The van der Waals surface area contributed by atoms with Gasteiger partial charge >= 0.3 is 0 Å². The molecular weight excluding hydrogens is 498 g/mol. The smallest absolute Gasteiger partial charge is 0.296 e. The molecule has 1 amide bonds. The summed E-state index contributed by atoms with van der Waals surface area (Å²) in [6, 6.07) is 14.7. The number of nitrogens with zero attached hydrogens (tertiary/aromatic N) is 1. The molecule has 0 spiro atoms. The largest absolute Gasteiger partial charge is 0.507 e. The number of furan rings is 1. The third-order valence-corrected chi connectivity index (χ3v) is 6.39. The third kappa shape index (κ3) is 6.28. The molecule has 4 rings (SSSR count). The van der Waals surface area contributed by atoms with E-state index in [1.165, 1.54) is 11.2 Å². The lowest BCUT2D eigenvalue weighted by atomic mass is 9.95. The summed E-state index contributed by atoms with van der Waals surface area (Å²) in [6.45, 7) is 7.56. The molecule has 0 saturated carbocycles. The number of ketones is 1. The van der Waals surface area contributed by atoms with Crippen molar-refractivity contribution in [3.63, 3.8) is 0 Å². The van der Waals surface area contributed by atoms with Gasteiger partial charge in [-0.1, -0.05) is 26.3 Å². The van der Waals surface area contributed by atoms with Gasteiger partial charge in [-0.25, -0.2) is 0 Å². The van der Waals surface area contributed by atoms with Crippen molar-refractivity contribution in [1.82, 2.24) is 4.90 Å². The highest BCUT2D eigenvalue weighted by Gasteiger charge is 2.46. The molecule has 2 heterocycles. The van der Waals surface area contributed by atoms with E-state index < -0.39 is 17.7 Å². The Morgan fingerprint density at radius 2 is 1.72 bits per heavy atom. The van der Waals surface area contributed by atoms with Crippen molar-refractivity contribution in [3.8, 4) is 17.2 Å². The van der Waals surface area contributed by atoms with Gasteiger partial charge in [0, 0.05) is 5.56 Å². The summed E-state index contributed by atoms with van der Waals surface area (Å²) >= 11 is 0. The number of aliphatic hydroxyl groups is 1. The zero-order valence-corrected chi connectivity index (χ0v) is 22.6. The van der Waals surface area contributed by atoms with E-state index in [2.05, 4.69) is 6.92 Å². The van der Waals surface area contributed by atoms with Crippen molar-refractivity contribution in [2.24, 2.45) is 0 Å². The van der Waals surface area contributed by atoms with Gasteiger partial charge in [-0.15, -0.1) is 0 Å². The standard InChI is InChI=1S/C31H35NO7/c1-4-7-17-39-25-15-12-22(19-26(25)36-6-3)28-27(29(33)21-10-13-23(14-11-21)37-16-5-2)30(34)31(35)32(28)20-24-9-8-18-38-24/h8-15,18-19,28,33H,4-7,16-17,20H2,1-3H3/b29-27+. The van der Waals surface area contributed by atoms with Gasteiger partial charge in [0.05, 0.1) is 44.2 Å². The van der Waals surface area contributed by atoms with Crippen LogP contribution in [0, 0.1) is 0 Å². The highest BCUT2D eigenvalue weighted by atomic mass is 16.5. The van der Waals surface area contributed by atoms with E-state index in [9.17, 15) is 14.7 Å². The van der Waals surface area contributed by atoms with Crippen LogP contribution < -0.4 is 14.2 Å². The normalized spacial score (nSPS) is 16.5. The first-order valence-corrected chi connectivity index (χ1v) is 13.4. The molecular formula is C31H35NO7. The summed E-state index contributed by atoms with van der Waals surface area (Å²) in [6.07, 6.45) is 4.28. The molecule has 1 saturated heterocycles. The number of carbonyl (C=O) groups is 2. The molecule has 39 heavy (non-hydrogen) atoms. The van der Waals surface area contributed by atoms with Crippen LogP contribution >= 0.6 is 0 Å². The SMILES string of the molecule is CCCCOc1ccc(C2/C(=C(\O)c3ccc(OCCC)cc3)C(=O)C(=O)N2Cc2ccco2)cc1OCC. The summed E-state index contributed by atoms with van der Waals surface area (Å²) < 4.78 is 22.9. The van der Waals surface area contributed by atoms with E-state index in [0.29, 0.717) is 54.0 Å². The van der Waals surface area contributed by atoms with E-state index >= 15 is 0 Å². The number of carbonyl (C=O) groups excluding carboxylic acids is 2. The predicted molar refractivity (Wildman–Crippen MR) is 147 cm³/mol. The molecule has 206 valence electrons. The second kappa shape index (κ2) is 13.0. The molecule has 1 atom stereocenters. The third-order valence-electron chi connectivity index (χ3n) is 6.39. The molecule has 0 bridgehead atoms. The quantitative estimate of drug-likeness (QED) is 0.120. The minimum atomic E-state index is -0.866. The first-order valence-electron chi connectivity index (χ1n) is 13.4. The van der Waals surface area contributed by atoms with Gasteiger partial charge in [-0.2, -0.15) is 0 Å². The maximum Gasteiger partial charge on any atom is 0.296 e. The fraction of sp³-hybridized carbons (Fsp3) is 0.355. The summed E-state index contributed by atoms with van der Waals surface area (Å²) in [7, 11) is 0. The number of amides is 1. The van der Waals surface area contributed by atoms with E-state index in [-0.39, 0.29) is 17.9 Å². The lowest BCUT2D eigenvalue weighted by Gasteiger charge is -2.25. The van der Waals surface area contributed by atoms with Crippen LogP contribution in [0.1, 0.15) is 63.0 Å². The van der Waals surface area contributed by atoms with Crippen LogP contribution in [-0.4, -0.2) is 41.5 Å². The Labute approximate surface area is 228 Å². The molecule has 1 aliphatic rings. The van der Waals surface area contributed by atoms with Crippen LogP contribution in [0.5, 0.6) is 17.2 Å². The highest BCUT2D eigenvalue weighted by molar-refractivity contribution is 6.46. The van der Waals surface area contributed by atoms with Gasteiger partial charge in [-0.05, 0) is 73.9 Å². The molecule has 2 aromatic carbocycles. The van der Waals surface area contributed by atoms with Crippen molar-refractivity contribution in [1.29, 1.82) is 0 Å². The molecule has 0 aliphatic carbocycles. The Kier molecular flexibility index (Phi) is 9.31. The van der Waals surface area contributed by atoms with Crippen LogP contribution in [0.3, 0.4) is 0 Å². The Morgan fingerprint density at radius 3 is 2.38 bits per heavy atom. The van der Waals surface area contributed by atoms with Crippen molar-refractivity contribution < 1.29 is 33.3 Å². The lowest BCUT2D eigenvalue weighted by Crippen LogP contribution is -2.29. The number of unbranched alkanes of at least 4 members (excludes halogenated alkanes) is 1. The Bertz CT molecular complexity index is 1290. The monoisotopic (exact) mass is 533 g/mol. The molecule has 0 radical (unpaired) electrons. The summed E-state index contributed by atoms with van der Waals surface area (Å²) in [5.74, 6) is 0.515. The van der Waals surface area contributed by atoms with Gasteiger partial charge in [0.25, 0.3) is 11.7 Å². The topological polar surface area (TPSA) is 98.4 Å². The van der Waals surface area contributed by atoms with Crippen molar-refractivity contribution in [3.05, 3.63) is 83.3 Å². The van der Waals surface area contributed by atoms with Crippen LogP contribution in [0.15, 0.2) is 70.9 Å². The van der Waals surface area contributed by atoms with Crippen molar-refractivity contribution >= 4 is 17.4 Å². The van der Waals surface area contributed by atoms with Crippen molar-refractivity contribution in [2.75, 3.05) is 19.8 Å². The predicted octanol–water partition coefficient (Wildman–Crippen LogP) is 6.27. The zero-order chi connectivity index (χ0) is 27.8. The van der Waals surface area contributed by atoms with Gasteiger partial charge in [0.1, 0.15) is 17.3 Å². The maximum atomic E-state index is 13.4. The van der Waals surface area contributed by atoms with E-state index in [4.69, 9.17) is 18.6 Å². The van der Waals surface area contributed by atoms with Crippen LogP contribution in [0.25, 0.3) is 5.76 Å². The molecule has 1 aliphatic heterocycles. The minimum Gasteiger partial charge on any atom is -0.507 e. The highest BCUT2D eigenvalue weighted by Crippen LogP contribution is 2.43. The number of rotatable bonds is 13. The van der Waals surface area contributed by atoms with Crippen LogP contribution in [-0.2, 0) is 16.1 Å². The van der Waals surface area contributed by atoms with Gasteiger partial charge in [-0.3, -0.25) is 9.59 Å². The number of benzene rings is 2. The summed E-state index contributed by atoms with van der Waals surface area (Å²) in [4.78, 5) is 28.1. The number of aliphatic hydroxyl groups excluding tert-OH is 1. The van der Waals surface area contributed by atoms with E-state index in [1.807, 2.05) is 13.8 Å². The molecule has 3 aromatic rings. The molecule has 1 aromatic heterocycles. The molecule has 8 heteroatoms. The Morgan fingerprint density at radius 1 is 0.923 bits per heavy atom. The van der Waals surface area contributed by atoms with E-state index in [0.717, 1.165) is 19.3 Å². The first-order chi connectivity index (χ1) is 19.0. The molecule has 1 fully saturated rings. The van der Waals surface area contributed by atoms with Crippen LogP contribution in [0.4, 0.5) is 0 Å². The molecule has 1 unspecified atom stereocenters. The van der Waals surface area contributed by atoms with Gasteiger partial charge in [0.2, 0.25) is 0 Å².